The molecule has 0 aromatic heterocycles. The zero-order chi connectivity index (χ0) is 19.2. The van der Waals surface area contributed by atoms with Crippen LogP contribution in [0.25, 0.3) is 0 Å². The van der Waals surface area contributed by atoms with Gasteiger partial charge in [-0.1, -0.05) is 69.0 Å². The molecular formula is C21H27NO3S. The van der Waals surface area contributed by atoms with E-state index in [1.54, 1.807) is 30.3 Å². The van der Waals surface area contributed by atoms with Gasteiger partial charge in [0.1, 0.15) is 0 Å². The molecule has 0 aliphatic heterocycles. The summed E-state index contributed by atoms with van der Waals surface area (Å²) in [5, 5.41) is 9.86. The van der Waals surface area contributed by atoms with Crippen LogP contribution in [0.15, 0.2) is 77.0 Å². The fourth-order valence-corrected chi connectivity index (χ4v) is 4.12. The first-order chi connectivity index (χ1) is 12.4. The molecule has 4 nitrogen and oxygen atoms in total. The maximum atomic E-state index is 12.8. The minimum atomic E-state index is -3.61. The van der Waals surface area contributed by atoms with Gasteiger partial charge >= 0.3 is 0 Å². The van der Waals surface area contributed by atoms with Crippen LogP contribution in [0.2, 0.25) is 0 Å². The molecular weight excluding hydrogens is 346 g/mol. The smallest absolute Gasteiger partial charge is 0.203 e. The zero-order valence-electron chi connectivity index (χ0n) is 15.4. The predicted molar refractivity (Wildman–Crippen MR) is 105 cm³/mol. The van der Waals surface area contributed by atoms with Crippen molar-refractivity contribution in [3.05, 3.63) is 77.7 Å². The van der Waals surface area contributed by atoms with Crippen molar-refractivity contribution >= 4 is 9.84 Å². The summed E-state index contributed by atoms with van der Waals surface area (Å²) in [6.07, 6.45) is 0. The molecule has 1 atom stereocenters. The van der Waals surface area contributed by atoms with Crippen LogP contribution in [-0.4, -0.2) is 37.6 Å². The lowest BCUT2D eigenvalue weighted by Gasteiger charge is -2.33. The van der Waals surface area contributed by atoms with E-state index in [0.29, 0.717) is 6.54 Å². The summed E-state index contributed by atoms with van der Waals surface area (Å²) in [6, 6.07) is 18.0. The van der Waals surface area contributed by atoms with E-state index in [0.717, 1.165) is 5.56 Å². The van der Waals surface area contributed by atoms with Gasteiger partial charge in [-0.2, -0.15) is 0 Å². The molecule has 2 aromatic rings. The third-order valence-electron chi connectivity index (χ3n) is 4.47. The molecule has 0 amide bonds. The number of rotatable bonds is 9. The van der Waals surface area contributed by atoms with Crippen molar-refractivity contribution in [1.29, 1.82) is 0 Å². The molecule has 2 rings (SSSR count). The number of hydrogen-bond acceptors (Lipinski definition) is 4. The highest BCUT2D eigenvalue weighted by molar-refractivity contribution is 7.95. The van der Waals surface area contributed by atoms with Gasteiger partial charge in [0.15, 0.2) is 0 Å². The lowest BCUT2D eigenvalue weighted by atomic mass is 10.0. The average Bonchev–Trinajstić information content (AvgIpc) is 2.63. The quantitative estimate of drug-likeness (QED) is 0.731. The molecule has 0 heterocycles. The van der Waals surface area contributed by atoms with Crippen LogP contribution in [0.4, 0.5) is 0 Å². The Hall–Kier alpha value is -1.95. The number of sulfone groups is 1. The van der Waals surface area contributed by atoms with Crippen molar-refractivity contribution in [2.24, 2.45) is 5.92 Å². The molecule has 0 aliphatic carbocycles. The summed E-state index contributed by atoms with van der Waals surface area (Å²) in [6.45, 7) is 8.58. The first kappa shape index (κ1) is 20.4. The third kappa shape index (κ3) is 5.04. The molecule has 1 N–H and O–H groups in total. The fourth-order valence-electron chi connectivity index (χ4n) is 2.93. The Balaban J connectivity index is 2.26. The minimum Gasteiger partial charge on any atom is -0.395 e. The van der Waals surface area contributed by atoms with Gasteiger partial charge in [0.2, 0.25) is 9.84 Å². The van der Waals surface area contributed by atoms with Gasteiger partial charge in [-0.05, 0) is 23.6 Å². The number of aliphatic hydroxyl groups excluding tert-OH is 1. The molecule has 140 valence electrons. The summed E-state index contributed by atoms with van der Waals surface area (Å²) in [5.74, 6) is 0.177. The van der Waals surface area contributed by atoms with Crippen LogP contribution < -0.4 is 0 Å². The highest BCUT2D eigenvalue weighted by Gasteiger charge is 2.26. The van der Waals surface area contributed by atoms with E-state index in [2.05, 4.69) is 6.58 Å². The summed E-state index contributed by atoms with van der Waals surface area (Å²) in [4.78, 5) is 2.37. The highest BCUT2D eigenvalue weighted by atomic mass is 32.2. The van der Waals surface area contributed by atoms with Gasteiger partial charge in [0.05, 0.1) is 16.4 Å². The topological polar surface area (TPSA) is 57.6 Å². The Kier molecular flexibility index (Phi) is 7.14. The Morgan fingerprint density at radius 3 is 2.08 bits per heavy atom. The SMILES string of the molecule is C=C(CN(Cc1ccccc1)[C@H](CO)C(C)C)S(=O)(=O)c1ccccc1. The Bertz CT molecular complexity index is 802. The van der Waals surface area contributed by atoms with E-state index in [4.69, 9.17) is 0 Å². The molecule has 2 aromatic carbocycles. The van der Waals surface area contributed by atoms with Crippen molar-refractivity contribution in [3.8, 4) is 0 Å². The van der Waals surface area contributed by atoms with Crippen molar-refractivity contribution < 1.29 is 13.5 Å². The molecule has 0 spiro atoms. The molecule has 0 fully saturated rings. The largest absolute Gasteiger partial charge is 0.395 e. The molecule has 5 heteroatoms. The first-order valence-corrected chi connectivity index (χ1v) is 10.2. The number of benzene rings is 2. The first-order valence-electron chi connectivity index (χ1n) is 8.73. The maximum Gasteiger partial charge on any atom is 0.203 e. The minimum absolute atomic E-state index is 0.0385. The van der Waals surface area contributed by atoms with Gasteiger partial charge in [-0.3, -0.25) is 4.90 Å². The van der Waals surface area contributed by atoms with Gasteiger partial charge < -0.3 is 5.11 Å². The van der Waals surface area contributed by atoms with E-state index in [1.807, 2.05) is 49.1 Å². The van der Waals surface area contributed by atoms with Crippen LogP contribution in [0, 0.1) is 5.92 Å². The van der Waals surface area contributed by atoms with Gasteiger partial charge in [0, 0.05) is 19.1 Å². The predicted octanol–water partition coefficient (Wildman–Crippen LogP) is 3.49. The molecule has 0 radical (unpaired) electrons. The standard InChI is InChI=1S/C21H27NO3S/c1-17(2)21(16-23)22(15-19-10-6-4-7-11-19)14-18(3)26(24,25)20-12-8-5-9-13-20/h4-13,17,21,23H,3,14-16H2,1-2H3/t21-/m1/s1. The number of hydrogen-bond donors (Lipinski definition) is 1. The van der Waals surface area contributed by atoms with Gasteiger partial charge in [-0.15, -0.1) is 0 Å². The van der Waals surface area contributed by atoms with E-state index >= 15 is 0 Å². The summed E-state index contributed by atoms with van der Waals surface area (Å²) >= 11 is 0. The second-order valence-corrected chi connectivity index (χ2v) is 8.80. The second kappa shape index (κ2) is 9.12. The Morgan fingerprint density at radius 2 is 1.58 bits per heavy atom. The second-order valence-electron chi connectivity index (χ2n) is 6.74. The van der Waals surface area contributed by atoms with E-state index in [-0.39, 0.29) is 34.9 Å². The van der Waals surface area contributed by atoms with Crippen LogP contribution in [-0.2, 0) is 16.4 Å². The molecule has 0 aliphatic rings. The summed E-state index contributed by atoms with van der Waals surface area (Å²) in [5.41, 5.74) is 1.07. The monoisotopic (exact) mass is 373 g/mol. The lowest BCUT2D eigenvalue weighted by molar-refractivity contribution is 0.0941. The Labute approximate surface area is 156 Å². The lowest BCUT2D eigenvalue weighted by Crippen LogP contribution is -2.42. The highest BCUT2D eigenvalue weighted by Crippen LogP contribution is 2.22. The van der Waals surface area contributed by atoms with E-state index in [1.165, 1.54) is 0 Å². The zero-order valence-corrected chi connectivity index (χ0v) is 16.2. The van der Waals surface area contributed by atoms with E-state index in [9.17, 15) is 13.5 Å². The Morgan fingerprint density at radius 1 is 1.04 bits per heavy atom. The maximum absolute atomic E-state index is 12.8. The summed E-state index contributed by atoms with van der Waals surface area (Å²) < 4.78 is 25.6. The molecule has 0 unspecified atom stereocenters. The normalized spacial score (nSPS) is 13.1. The third-order valence-corrected chi connectivity index (χ3v) is 6.25. The van der Waals surface area contributed by atoms with Gasteiger partial charge in [0.25, 0.3) is 0 Å². The average molecular weight is 374 g/mol. The van der Waals surface area contributed by atoms with Crippen LogP contribution in [0.5, 0.6) is 0 Å². The van der Waals surface area contributed by atoms with Crippen LogP contribution in [0.3, 0.4) is 0 Å². The van der Waals surface area contributed by atoms with Crippen molar-refractivity contribution in [1.82, 2.24) is 4.90 Å². The molecule has 0 saturated carbocycles. The van der Waals surface area contributed by atoms with Crippen LogP contribution >= 0.6 is 0 Å². The van der Waals surface area contributed by atoms with E-state index < -0.39 is 9.84 Å². The molecule has 0 saturated heterocycles. The van der Waals surface area contributed by atoms with Crippen molar-refractivity contribution in [3.63, 3.8) is 0 Å². The van der Waals surface area contributed by atoms with Gasteiger partial charge in [-0.25, -0.2) is 8.42 Å². The molecule has 0 bridgehead atoms. The van der Waals surface area contributed by atoms with Crippen molar-refractivity contribution in [2.75, 3.05) is 13.2 Å². The van der Waals surface area contributed by atoms with Crippen molar-refractivity contribution in [2.45, 2.75) is 31.3 Å². The molecule has 26 heavy (non-hydrogen) atoms. The fraction of sp³-hybridized carbons (Fsp3) is 0.333. The number of aliphatic hydroxyl groups is 1. The van der Waals surface area contributed by atoms with Crippen LogP contribution in [0.1, 0.15) is 19.4 Å². The number of nitrogens with zero attached hydrogens (tertiary/aromatic N) is 1. The summed E-state index contributed by atoms with van der Waals surface area (Å²) in [7, 11) is -3.61.